The fourth-order valence-electron chi connectivity index (χ4n) is 6.16. The lowest BCUT2D eigenvalue weighted by Crippen LogP contribution is -2.48. The van der Waals surface area contributed by atoms with Crippen molar-refractivity contribution in [3.8, 4) is 17.4 Å². The lowest BCUT2D eigenvalue weighted by Gasteiger charge is -2.33. The van der Waals surface area contributed by atoms with Crippen LogP contribution in [0.3, 0.4) is 0 Å². The molecule has 1 aliphatic heterocycles. The van der Waals surface area contributed by atoms with E-state index in [0.717, 1.165) is 11.3 Å². The van der Waals surface area contributed by atoms with Gasteiger partial charge in [0.1, 0.15) is 17.1 Å². The summed E-state index contributed by atoms with van der Waals surface area (Å²) < 4.78 is 11.6. The largest absolute Gasteiger partial charge is 0.460 e. The maximum absolute atomic E-state index is 13.8. The minimum absolute atomic E-state index is 0.133. The molecule has 1 fully saturated rings. The minimum Gasteiger partial charge on any atom is -0.460 e. The van der Waals surface area contributed by atoms with Crippen LogP contribution in [0.4, 0.5) is 4.79 Å². The highest BCUT2D eigenvalue weighted by molar-refractivity contribution is 6.34. The lowest BCUT2D eigenvalue weighted by molar-refractivity contribution is -0.126. The van der Waals surface area contributed by atoms with Crippen molar-refractivity contribution in [3.63, 3.8) is 0 Å². The molecule has 0 radical (unpaired) electrons. The average molecular weight is 738 g/mol. The number of hydrogen-bond donors (Lipinski definition) is 3. The third-order valence-corrected chi connectivity index (χ3v) is 9.59. The Hall–Kier alpha value is -5.11. The van der Waals surface area contributed by atoms with Crippen molar-refractivity contribution >= 4 is 29.5 Å². The Labute approximate surface area is 316 Å². The average Bonchev–Trinajstić information content (AvgIpc) is 3.62. The molecule has 53 heavy (non-hydrogen) atoms. The Morgan fingerprint density at radius 1 is 1.00 bits per heavy atom. The molecule has 2 unspecified atom stereocenters. The maximum Gasteiger partial charge on any atom is 0.410 e. The molecule has 3 amide bonds. The second-order valence-electron chi connectivity index (χ2n) is 14.6. The highest BCUT2D eigenvalue weighted by atomic mass is 35.5. The number of furan rings is 1. The van der Waals surface area contributed by atoms with Gasteiger partial charge >= 0.3 is 6.09 Å². The number of amides is 3. The number of nitriles is 1. The SMILES string of the molecule is Cc1ccc(C(C)NCc2ccc(-c3ccc(Cl)c(C(=O)NC(CNC(=O)C4CCN(C(=O)OC(C)(C)C)CC4)Cc4ccc(C#N)cc4)c3)o2)cc1. The first-order valence-electron chi connectivity index (χ1n) is 18.0. The Morgan fingerprint density at radius 2 is 1.70 bits per heavy atom. The zero-order valence-corrected chi connectivity index (χ0v) is 31.8. The van der Waals surface area contributed by atoms with Gasteiger partial charge < -0.3 is 30.0 Å². The molecule has 0 saturated carbocycles. The molecule has 2 atom stereocenters. The Bertz CT molecular complexity index is 1920. The van der Waals surface area contributed by atoms with Gasteiger partial charge in [0, 0.05) is 37.2 Å². The summed E-state index contributed by atoms with van der Waals surface area (Å²) in [6.07, 6.45) is 1.05. The number of ether oxygens (including phenoxy) is 1. The molecule has 1 saturated heterocycles. The van der Waals surface area contributed by atoms with Crippen molar-refractivity contribution < 1.29 is 23.5 Å². The first kappa shape index (κ1) is 39.1. The summed E-state index contributed by atoms with van der Waals surface area (Å²) in [5.74, 6) is 0.564. The zero-order chi connectivity index (χ0) is 38.1. The van der Waals surface area contributed by atoms with Crippen LogP contribution in [0.5, 0.6) is 0 Å². The first-order chi connectivity index (χ1) is 25.3. The van der Waals surface area contributed by atoms with Gasteiger partial charge in [-0.2, -0.15) is 5.26 Å². The summed E-state index contributed by atoms with van der Waals surface area (Å²) in [5.41, 5.74) is 4.21. The number of rotatable bonds is 12. The number of carbonyl (C=O) groups is 3. The lowest BCUT2D eigenvalue weighted by atomic mass is 9.96. The van der Waals surface area contributed by atoms with E-state index in [4.69, 9.17) is 20.8 Å². The number of halogens is 1. The molecule has 3 aromatic carbocycles. The van der Waals surface area contributed by atoms with E-state index in [2.05, 4.69) is 60.1 Å². The third kappa shape index (κ3) is 11.2. The monoisotopic (exact) mass is 737 g/mol. The predicted octanol–water partition coefficient (Wildman–Crippen LogP) is 7.74. The normalized spacial score (nSPS) is 14.5. The molecule has 1 aliphatic rings. The van der Waals surface area contributed by atoms with Crippen LogP contribution in [0.15, 0.2) is 83.3 Å². The Morgan fingerprint density at radius 3 is 2.36 bits per heavy atom. The summed E-state index contributed by atoms with van der Waals surface area (Å²) in [6.45, 7) is 11.2. The molecular formula is C42H48ClN5O5. The fraction of sp³-hybridized carbons (Fsp3) is 0.381. The molecule has 11 heteroatoms. The number of carbonyl (C=O) groups excluding carboxylic acids is 3. The van der Waals surface area contributed by atoms with E-state index >= 15 is 0 Å². The quantitative estimate of drug-likeness (QED) is 0.135. The predicted molar refractivity (Wildman–Crippen MR) is 205 cm³/mol. The summed E-state index contributed by atoms with van der Waals surface area (Å²) >= 11 is 6.57. The summed E-state index contributed by atoms with van der Waals surface area (Å²) in [7, 11) is 0. The van der Waals surface area contributed by atoms with Crippen molar-refractivity contribution in [1.82, 2.24) is 20.9 Å². The van der Waals surface area contributed by atoms with Crippen molar-refractivity contribution in [2.24, 2.45) is 5.92 Å². The second-order valence-corrected chi connectivity index (χ2v) is 15.1. The molecule has 5 rings (SSSR count). The van der Waals surface area contributed by atoms with Crippen LogP contribution in [0.25, 0.3) is 11.3 Å². The van der Waals surface area contributed by atoms with Crippen molar-refractivity contribution in [2.75, 3.05) is 19.6 Å². The fourth-order valence-corrected chi connectivity index (χ4v) is 6.37. The molecule has 1 aromatic heterocycles. The molecule has 2 heterocycles. The highest BCUT2D eigenvalue weighted by Gasteiger charge is 2.30. The van der Waals surface area contributed by atoms with E-state index in [1.807, 2.05) is 51.1 Å². The van der Waals surface area contributed by atoms with Gasteiger partial charge in [-0.3, -0.25) is 9.59 Å². The van der Waals surface area contributed by atoms with E-state index in [1.54, 1.807) is 29.2 Å². The molecule has 0 aliphatic carbocycles. The second kappa shape index (κ2) is 17.6. The topological polar surface area (TPSA) is 137 Å². The van der Waals surface area contributed by atoms with Crippen LogP contribution in [-0.4, -0.2) is 54.1 Å². The number of nitrogens with one attached hydrogen (secondary N) is 3. The van der Waals surface area contributed by atoms with E-state index < -0.39 is 17.6 Å². The van der Waals surface area contributed by atoms with Crippen LogP contribution in [0.1, 0.15) is 85.0 Å². The van der Waals surface area contributed by atoms with Crippen LogP contribution < -0.4 is 16.0 Å². The highest BCUT2D eigenvalue weighted by Crippen LogP contribution is 2.28. The summed E-state index contributed by atoms with van der Waals surface area (Å²) in [5, 5.41) is 19.1. The van der Waals surface area contributed by atoms with Gasteiger partial charge in [-0.1, -0.05) is 53.6 Å². The zero-order valence-electron chi connectivity index (χ0n) is 31.0. The molecular weight excluding hydrogens is 690 g/mol. The molecule has 0 bridgehead atoms. The van der Waals surface area contributed by atoms with Gasteiger partial charge in [0.2, 0.25) is 5.91 Å². The van der Waals surface area contributed by atoms with Crippen molar-refractivity contribution in [2.45, 2.75) is 78.1 Å². The maximum atomic E-state index is 13.8. The van der Waals surface area contributed by atoms with E-state index in [1.165, 1.54) is 11.1 Å². The van der Waals surface area contributed by atoms with Crippen LogP contribution in [0, 0.1) is 24.2 Å². The van der Waals surface area contributed by atoms with Gasteiger partial charge in [-0.05, 0) is 107 Å². The van der Waals surface area contributed by atoms with Crippen molar-refractivity contribution in [3.05, 3.63) is 117 Å². The van der Waals surface area contributed by atoms with Crippen molar-refractivity contribution in [1.29, 1.82) is 5.26 Å². The van der Waals surface area contributed by atoms with Crippen LogP contribution in [0.2, 0.25) is 5.02 Å². The third-order valence-electron chi connectivity index (χ3n) is 9.26. The van der Waals surface area contributed by atoms with Gasteiger partial charge in [0.15, 0.2) is 0 Å². The van der Waals surface area contributed by atoms with Gasteiger partial charge in [-0.25, -0.2) is 4.79 Å². The number of piperidine rings is 1. The molecule has 3 N–H and O–H groups in total. The number of nitrogens with zero attached hydrogens (tertiary/aromatic N) is 2. The van der Waals surface area contributed by atoms with E-state index in [0.29, 0.717) is 55.8 Å². The number of likely N-dealkylation sites (tertiary alicyclic amines) is 1. The Kier molecular flexibility index (Phi) is 13.0. The molecule has 4 aromatic rings. The number of aryl methyl sites for hydroxylation is 1. The standard InChI is InChI=1S/C42H48ClN5O5/c1-27-6-12-31(13-7-27)28(2)45-26-35-15-17-38(52-35)33-14-16-37(43)36(23-33)40(50)47-34(22-29-8-10-30(24-44)11-9-29)25-46-39(49)32-18-20-48(21-19-32)41(51)53-42(3,4)5/h6-17,23,28,32,34,45H,18-22,25-26H2,1-5H3,(H,46,49)(H,47,50). The van der Waals surface area contributed by atoms with Crippen LogP contribution >= 0.6 is 11.6 Å². The van der Waals surface area contributed by atoms with Gasteiger partial charge in [-0.15, -0.1) is 0 Å². The molecule has 10 nitrogen and oxygen atoms in total. The van der Waals surface area contributed by atoms with Crippen LogP contribution in [-0.2, 0) is 22.5 Å². The summed E-state index contributed by atoms with van der Waals surface area (Å²) in [6, 6.07) is 26.3. The Balaban J connectivity index is 1.23. The summed E-state index contributed by atoms with van der Waals surface area (Å²) in [4.78, 5) is 41.2. The number of hydrogen-bond acceptors (Lipinski definition) is 7. The molecule has 278 valence electrons. The molecule has 0 spiro atoms. The number of benzene rings is 3. The van der Waals surface area contributed by atoms with E-state index in [-0.39, 0.29) is 41.1 Å². The first-order valence-corrected chi connectivity index (χ1v) is 18.4. The van der Waals surface area contributed by atoms with E-state index in [9.17, 15) is 19.6 Å². The minimum atomic E-state index is -0.591. The van der Waals surface area contributed by atoms with Gasteiger partial charge in [0.05, 0.1) is 34.8 Å². The smallest absolute Gasteiger partial charge is 0.410 e. The van der Waals surface area contributed by atoms with Gasteiger partial charge in [0.25, 0.3) is 5.91 Å².